The van der Waals surface area contributed by atoms with Gasteiger partial charge >= 0.3 is 0 Å². The number of hydrogen-bond acceptors (Lipinski definition) is 3. The zero-order chi connectivity index (χ0) is 10.3. The Morgan fingerprint density at radius 2 is 2.13 bits per heavy atom. The van der Waals surface area contributed by atoms with E-state index in [1.54, 1.807) is 0 Å². The first-order valence-electron chi connectivity index (χ1n) is 5.40. The van der Waals surface area contributed by atoms with Crippen molar-refractivity contribution >= 4 is 17.6 Å². The van der Waals surface area contributed by atoms with E-state index in [2.05, 4.69) is 40.6 Å². The van der Waals surface area contributed by atoms with E-state index in [0.29, 0.717) is 0 Å². The molecule has 0 saturated heterocycles. The van der Waals surface area contributed by atoms with Crippen LogP contribution in [0.4, 0.5) is 0 Å². The Balaban J connectivity index is 1.63. The highest BCUT2D eigenvalue weighted by Gasteiger charge is 2.04. The number of benzene rings is 1. The van der Waals surface area contributed by atoms with Gasteiger partial charge in [-0.1, -0.05) is 18.2 Å². The Morgan fingerprint density at radius 1 is 1.27 bits per heavy atom. The molecule has 1 N–H and O–H groups in total. The normalized spacial score (nSPS) is 15.1. The summed E-state index contributed by atoms with van der Waals surface area (Å²) < 4.78 is 0. The van der Waals surface area contributed by atoms with E-state index in [1.165, 1.54) is 17.2 Å². The van der Waals surface area contributed by atoms with E-state index >= 15 is 0 Å². The van der Waals surface area contributed by atoms with Crippen LogP contribution in [-0.2, 0) is 0 Å². The zero-order valence-electron chi connectivity index (χ0n) is 8.78. The Labute approximate surface area is 95.2 Å². The number of thioether (sulfide) groups is 1. The van der Waals surface area contributed by atoms with Crippen LogP contribution in [0.25, 0.3) is 0 Å². The number of amidine groups is 1. The summed E-state index contributed by atoms with van der Waals surface area (Å²) in [5.74, 6) is 2.30. The second-order valence-corrected chi connectivity index (χ2v) is 4.69. The summed E-state index contributed by atoms with van der Waals surface area (Å²) in [4.78, 5) is 5.72. The first-order chi connectivity index (χ1) is 7.45. The lowest BCUT2D eigenvalue weighted by Gasteiger charge is -2.05. The van der Waals surface area contributed by atoms with Crippen molar-refractivity contribution in [3.63, 3.8) is 0 Å². The molecule has 0 bridgehead atoms. The summed E-state index contributed by atoms with van der Waals surface area (Å²) in [7, 11) is 0. The molecule has 0 saturated carbocycles. The molecule has 0 atom stereocenters. The predicted octanol–water partition coefficient (Wildman–Crippen LogP) is 2.56. The van der Waals surface area contributed by atoms with Gasteiger partial charge in [0.05, 0.1) is 5.84 Å². The van der Waals surface area contributed by atoms with Gasteiger partial charge in [0.15, 0.2) is 0 Å². The average Bonchev–Trinajstić information content (AvgIpc) is 2.79. The molecule has 0 radical (unpaired) electrons. The number of hydrogen-bond donors (Lipinski definition) is 1. The van der Waals surface area contributed by atoms with Crippen molar-refractivity contribution in [2.24, 2.45) is 4.99 Å². The van der Waals surface area contributed by atoms with E-state index in [9.17, 15) is 0 Å². The van der Waals surface area contributed by atoms with Gasteiger partial charge in [0.2, 0.25) is 0 Å². The highest BCUT2D eigenvalue weighted by atomic mass is 32.2. The third kappa shape index (κ3) is 3.59. The molecule has 0 unspecified atom stereocenters. The van der Waals surface area contributed by atoms with Gasteiger partial charge < -0.3 is 5.32 Å². The predicted molar refractivity (Wildman–Crippen MR) is 66.7 cm³/mol. The summed E-state index contributed by atoms with van der Waals surface area (Å²) in [5.41, 5.74) is 0. The van der Waals surface area contributed by atoms with Crippen molar-refractivity contribution < 1.29 is 0 Å². The minimum Gasteiger partial charge on any atom is -0.373 e. The van der Waals surface area contributed by atoms with Crippen LogP contribution in [0.3, 0.4) is 0 Å². The Morgan fingerprint density at radius 3 is 2.87 bits per heavy atom. The third-order valence-electron chi connectivity index (χ3n) is 2.32. The molecule has 1 heterocycles. The molecule has 1 aliphatic heterocycles. The van der Waals surface area contributed by atoms with Crippen molar-refractivity contribution in [1.29, 1.82) is 0 Å². The first-order valence-corrected chi connectivity index (χ1v) is 6.39. The van der Waals surface area contributed by atoms with Crippen LogP contribution in [0.2, 0.25) is 0 Å². The van der Waals surface area contributed by atoms with Crippen molar-refractivity contribution in [2.75, 3.05) is 18.8 Å². The molecule has 0 aliphatic carbocycles. The summed E-state index contributed by atoms with van der Waals surface area (Å²) in [6.07, 6.45) is 2.35. The van der Waals surface area contributed by atoms with E-state index < -0.39 is 0 Å². The molecular formula is C12H16N2S. The van der Waals surface area contributed by atoms with E-state index in [0.717, 1.165) is 25.3 Å². The van der Waals surface area contributed by atoms with Gasteiger partial charge in [0, 0.05) is 30.2 Å². The topological polar surface area (TPSA) is 24.4 Å². The largest absolute Gasteiger partial charge is 0.373 e. The van der Waals surface area contributed by atoms with Crippen LogP contribution in [0.5, 0.6) is 0 Å². The molecule has 1 aromatic rings. The van der Waals surface area contributed by atoms with Crippen LogP contribution >= 0.6 is 11.8 Å². The Kier molecular flexibility index (Phi) is 4.09. The fraction of sp³-hybridized carbons (Fsp3) is 0.417. The maximum Gasteiger partial charge on any atom is 0.0963 e. The van der Waals surface area contributed by atoms with Gasteiger partial charge in [0.25, 0.3) is 0 Å². The van der Waals surface area contributed by atoms with Gasteiger partial charge in [-0.05, 0) is 18.6 Å². The lowest BCUT2D eigenvalue weighted by molar-refractivity contribution is 0.925. The SMILES string of the molecule is c1ccc(SCCNC2=NCCC2)cc1. The van der Waals surface area contributed by atoms with Gasteiger partial charge in [-0.25, -0.2) is 0 Å². The second kappa shape index (κ2) is 5.81. The quantitative estimate of drug-likeness (QED) is 0.623. The summed E-state index contributed by atoms with van der Waals surface area (Å²) >= 11 is 1.89. The highest BCUT2D eigenvalue weighted by molar-refractivity contribution is 7.99. The fourth-order valence-corrected chi connectivity index (χ4v) is 2.35. The number of nitrogens with zero attached hydrogens (tertiary/aromatic N) is 1. The molecular weight excluding hydrogens is 204 g/mol. The first kappa shape index (κ1) is 10.6. The molecule has 1 aromatic carbocycles. The molecule has 0 amide bonds. The van der Waals surface area contributed by atoms with Gasteiger partial charge in [0.1, 0.15) is 0 Å². The van der Waals surface area contributed by atoms with Crippen LogP contribution in [0, 0.1) is 0 Å². The molecule has 1 aliphatic rings. The van der Waals surface area contributed by atoms with Crippen LogP contribution in [0.15, 0.2) is 40.2 Å². The minimum atomic E-state index is 1.01. The molecule has 15 heavy (non-hydrogen) atoms. The number of aliphatic imine (C=N–C) groups is 1. The minimum absolute atomic E-state index is 1.01. The number of nitrogens with one attached hydrogen (secondary N) is 1. The van der Waals surface area contributed by atoms with Crippen molar-refractivity contribution in [3.8, 4) is 0 Å². The van der Waals surface area contributed by atoms with Gasteiger partial charge in [-0.15, -0.1) is 11.8 Å². The molecule has 0 aromatic heterocycles. The second-order valence-electron chi connectivity index (χ2n) is 3.52. The van der Waals surface area contributed by atoms with Crippen molar-refractivity contribution in [2.45, 2.75) is 17.7 Å². The van der Waals surface area contributed by atoms with Crippen molar-refractivity contribution in [1.82, 2.24) is 5.32 Å². The maximum absolute atomic E-state index is 4.38. The van der Waals surface area contributed by atoms with Crippen LogP contribution < -0.4 is 5.32 Å². The third-order valence-corrected chi connectivity index (χ3v) is 3.33. The van der Waals surface area contributed by atoms with Gasteiger partial charge in [-0.2, -0.15) is 0 Å². The molecule has 2 nitrogen and oxygen atoms in total. The summed E-state index contributed by atoms with van der Waals surface area (Å²) in [6.45, 7) is 2.02. The maximum atomic E-state index is 4.38. The summed E-state index contributed by atoms with van der Waals surface area (Å²) in [5, 5.41) is 3.38. The molecule has 0 fully saturated rings. The zero-order valence-corrected chi connectivity index (χ0v) is 9.59. The molecule has 3 heteroatoms. The van der Waals surface area contributed by atoms with Crippen molar-refractivity contribution in [3.05, 3.63) is 30.3 Å². The number of rotatable bonds is 4. The Hall–Kier alpha value is -0.960. The van der Waals surface area contributed by atoms with Crippen LogP contribution in [0.1, 0.15) is 12.8 Å². The lowest BCUT2D eigenvalue weighted by Crippen LogP contribution is -2.23. The van der Waals surface area contributed by atoms with Crippen LogP contribution in [-0.4, -0.2) is 24.7 Å². The lowest BCUT2D eigenvalue weighted by atomic mass is 10.3. The van der Waals surface area contributed by atoms with E-state index in [4.69, 9.17) is 0 Å². The van der Waals surface area contributed by atoms with E-state index in [-0.39, 0.29) is 0 Å². The smallest absolute Gasteiger partial charge is 0.0963 e. The highest BCUT2D eigenvalue weighted by Crippen LogP contribution is 2.15. The molecule has 80 valence electrons. The standard InChI is InChI=1S/C12H16N2S/c1-2-5-11(6-3-1)15-10-9-14-12-7-4-8-13-12/h1-3,5-6H,4,7-10H2,(H,13,14). The molecule has 0 spiro atoms. The fourth-order valence-electron chi connectivity index (χ4n) is 1.56. The monoisotopic (exact) mass is 220 g/mol. The Bertz CT molecular complexity index is 322. The molecule has 2 rings (SSSR count). The summed E-state index contributed by atoms with van der Waals surface area (Å²) in [6, 6.07) is 10.5. The van der Waals surface area contributed by atoms with E-state index in [1.807, 2.05) is 11.8 Å². The van der Waals surface area contributed by atoms with Gasteiger partial charge in [-0.3, -0.25) is 4.99 Å². The average molecular weight is 220 g/mol.